The molecule has 4 aromatic rings. The molecule has 1 aromatic carbocycles. The first-order valence-corrected chi connectivity index (χ1v) is 11.9. The number of nitrogens with zero attached hydrogens (tertiary/aromatic N) is 2. The minimum absolute atomic E-state index is 0.931. The van der Waals surface area contributed by atoms with Gasteiger partial charge < -0.3 is 9.97 Å². The summed E-state index contributed by atoms with van der Waals surface area (Å²) in [6.45, 7) is 2.24. The van der Waals surface area contributed by atoms with Gasteiger partial charge >= 0.3 is 0 Å². The summed E-state index contributed by atoms with van der Waals surface area (Å²) in [6, 6.07) is 27.5. The summed E-state index contributed by atoms with van der Waals surface area (Å²) in [4.78, 5) is 17.0. The number of H-pyrrole nitrogens is 2. The summed E-state index contributed by atoms with van der Waals surface area (Å²) >= 11 is 0. The van der Waals surface area contributed by atoms with Gasteiger partial charge in [0.25, 0.3) is 0 Å². The van der Waals surface area contributed by atoms with E-state index in [2.05, 4.69) is 108 Å². The van der Waals surface area contributed by atoms with Gasteiger partial charge in [-0.05, 0) is 84.7 Å². The highest BCUT2D eigenvalue weighted by Crippen LogP contribution is 2.38. The summed E-state index contributed by atoms with van der Waals surface area (Å²) in [5, 5.41) is 0. The van der Waals surface area contributed by atoms with Crippen molar-refractivity contribution in [2.75, 3.05) is 0 Å². The van der Waals surface area contributed by atoms with Gasteiger partial charge in [-0.25, -0.2) is 9.97 Å². The van der Waals surface area contributed by atoms with Gasteiger partial charge in [-0.1, -0.05) is 43.7 Å². The van der Waals surface area contributed by atoms with Crippen LogP contribution in [0.3, 0.4) is 0 Å². The van der Waals surface area contributed by atoms with E-state index < -0.39 is 0 Å². The predicted octanol–water partition coefficient (Wildman–Crippen LogP) is 7.63. The third-order valence-electron chi connectivity index (χ3n) is 6.29. The third kappa shape index (κ3) is 3.99. The molecule has 4 nitrogen and oxygen atoms in total. The Bertz CT molecular complexity index is 1580. The maximum atomic E-state index is 5.15. The number of aromatic nitrogens is 4. The molecule has 166 valence electrons. The number of unbranched alkanes of at least 4 members (excludes halogenated alkanes) is 1. The molecule has 6 rings (SSSR count). The minimum Gasteiger partial charge on any atom is -0.355 e. The quantitative estimate of drug-likeness (QED) is 0.300. The second kappa shape index (κ2) is 8.64. The molecule has 0 radical (unpaired) electrons. The van der Waals surface area contributed by atoms with E-state index in [1.54, 1.807) is 0 Å². The van der Waals surface area contributed by atoms with Crippen molar-refractivity contribution in [3.05, 3.63) is 107 Å². The number of hydrogen-bond acceptors (Lipinski definition) is 2. The molecule has 2 N–H and O–H groups in total. The van der Waals surface area contributed by atoms with Gasteiger partial charge in [-0.15, -0.1) is 0 Å². The number of aromatic amines is 2. The van der Waals surface area contributed by atoms with Crippen LogP contribution in [0.5, 0.6) is 0 Å². The topological polar surface area (TPSA) is 57.4 Å². The standard InChI is InChI=1S/C30H26N4/c1-2-3-9-27-28-18-25-14-12-23(32-25)16-21-10-11-22(31-21)17-24-13-15-26(33-24)19-29(34-28)30(27)20-7-5-4-6-8-20/h4-8,10-19,31,33H,2-3,9H2,1H3. The molecule has 8 bridgehead atoms. The van der Waals surface area contributed by atoms with Gasteiger partial charge in [-0.3, -0.25) is 0 Å². The molecule has 0 aliphatic carbocycles. The zero-order chi connectivity index (χ0) is 22.9. The zero-order valence-electron chi connectivity index (χ0n) is 19.2. The van der Waals surface area contributed by atoms with Gasteiger partial charge in [0.15, 0.2) is 0 Å². The Morgan fingerprint density at radius 1 is 0.647 bits per heavy atom. The third-order valence-corrected chi connectivity index (χ3v) is 6.29. The number of allylic oxidation sites excluding steroid dienone is 1. The molecule has 5 heterocycles. The molecule has 0 saturated carbocycles. The van der Waals surface area contributed by atoms with E-state index in [9.17, 15) is 0 Å². The average Bonchev–Trinajstić information content (AvgIpc) is 3.63. The van der Waals surface area contributed by atoms with Gasteiger partial charge in [0.2, 0.25) is 0 Å². The monoisotopic (exact) mass is 442 g/mol. The highest BCUT2D eigenvalue weighted by Gasteiger charge is 2.21. The SMILES string of the molecule is CCCCC1=C(c2ccccc2)c2cc3ccc(cc4ccc(cc5nc(cc1n2)C=C5)[nH]4)[nH]3. The molecule has 34 heavy (non-hydrogen) atoms. The summed E-state index contributed by atoms with van der Waals surface area (Å²) < 4.78 is 0. The number of fused-ring (bicyclic) bond motifs is 8. The van der Waals surface area contributed by atoms with Gasteiger partial charge in [-0.2, -0.15) is 0 Å². The second-order valence-corrected chi connectivity index (χ2v) is 8.82. The lowest BCUT2D eigenvalue weighted by Gasteiger charge is -2.08. The molecule has 2 aliphatic rings. The van der Waals surface area contributed by atoms with E-state index in [1.807, 2.05) is 0 Å². The molecule has 0 saturated heterocycles. The Kier molecular flexibility index (Phi) is 5.19. The largest absolute Gasteiger partial charge is 0.355 e. The Morgan fingerprint density at radius 2 is 1.29 bits per heavy atom. The molecule has 0 amide bonds. The molecule has 3 aromatic heterocycles. The Morgan fingerprint density at radius 3 is 2.00 bits per heavy atom. The van der Waals surface area contributed by atoms with E-state index >= 15 is 0 Å². The molecule has 4 heteroatoms. The van der Waals surface area contributed by atoms with E-state index in [4.69, 9.17) is 9.97 Å². The van der Waals surface area contributed by atoms with Crippen molar-refractivity contribution >= 4 is 45.4 Å². The lowest BCUT2D eigenvalue weighted by Crippen LogP contribution is -1.89. The van der Waals surface area contributed by atoms with Crippen molar-refractivity contribution in [1.29, 1.82) is 0 Å². The molecule has 0 unspecified atom stereocenters. The Balaban J connectivity index is 1.67. The first-order valence-electron chi connectivity index (χ1n) is 11.9. The van der Waals surface area contributed by atoms with E-state index in [0.717, 1.165) is 64.1 Å². The van der Waals surface area contributed by atoms with Crippen LogP contribution in [0.4, 0.5) is 0 Å². The van der Waals surface area contributed by atoms with E-state index in [-0.39, 0.29) is 0 Å². The van der Waals surface area contributed by atoms with Crippen molar-refractivity contribution in [2.24, 2.45) is 0 Å². The van der Waals surface area contributed by atoms with Crippen LogP contribution in [0.15, 0.2) is 78.9 Å². The van der Waals surface area contributed by atoms with E-state index in [1.165, 1.54) is 16.7 Å². The van der Waals surface area contributed by atoms with Crippen LogP contribution >= 0.6 is 0 Å². The highest BCUT2D eigenvalue weighted by molar-refractivity contribution is 6.00. The normalized spacial score (nSPS) is 13.0. The first kappa shape index (κ1) is 20.4. The second-order valence-electron chi connectivity index (χ2n) is 8.82. The summed E-state index contributed by atoms with van der Waals surface area (Å²) in [5.74, 6) is 0. The Labute approximate surface area is 198 Å². The lowest BCUT2D eigenvalue weighted by atomic mass is 9.94. The molecule has 2 aliphatic heterocycles. The number of hydrogen-bond donors (Lipinski definition) is 2. The fourth-order valence-corrected chi connectivity index (χ4v) is 4.66. The molecule has 0 spiro atoms. The maximum absolute atomic E-state index is 5.15. The van der Waals surface area contributed by atoms with Crippen LogP contribution in [0.1, 0.15) is 54.5 Å². The van der Waals surface area contributed by atoms with Crippen LogP contribution in [0.2, 0.25) is 0 Å². The summed E-state index contributed by atoms with van der Waals surface area (Å²) in [5.41, 5.74) is 11.7. The van der Waals surface area contributed by atoms with E-state index in [0.29, 0.717) is 0 Å². The van der Waals surface area contributed by atoms with Crippen LogP contribution < -0.4 is 0 Å². The summed E-state index contributed by atoms with van der Waals surface area (Å²) in [6.07, 6.45) is 7.38. The number of rotatable bonds is 4. The fraction of sp³-hybridized carbons (Fsp3) is 0.133. The molecular formula is C30H26N4. The van der Waals surface area contributed by atoms with Gasteiger partial charge in [0.05, 0.1) is 22.8 Å². The number of nitrogens with one attached hydrogen (secondary N) is 2. The highest BCUT2D eigenvalue weighted by atomic mass is 14.8. The number of benzene rings is 1. The van der Waals surface area contributed by atoms with Crippen molar-refractivity contribution in [1.82, 2.24) is 19.9 Å². The predicted molar refractivity (Wildman–Crippen MR) is 142 cm³/mol. The Hall–Kier alpha value is -4.18. The van der Waals surface area contributed by atoms with Crippen molar-refractivity contribution in [2.45, 2.75) is 26.2 Å². The van der Waals surface area contributed by atoms with Gasteiger partial charge in [0, 0.05) is 27.6 Å². The van der Waals surface area contributed by atoms with Crippen LogP contribution in [-0.2, 0) is 0 Å². The van der Waals surface area contributed by atoms with Gasteiger partial charge in [0.1, 0.15) is 0 Å². The average molecular weight is 443 g/mol. The molecule has 0 fully saturated rings. The van der Waals surface area contributed by atoms with Crippen LogP contribution in [0.25, 0.3) is 45.4 Å². The van der Waals surface area contributed by atoms with Crippen molar-refractivity contribution < 1.29 is 0 Å². The van der Waals surface area contributed by atoms with Crippen LogP contribution in [-0.4, -0.2) is 19.9 Å². The maximum Gasteiger partial charge on any atom is 0.0739 e. The lowest BCUT2D eigenvalue weighted by molar-refractivity contribution is 0.824. The molecular weight excluding hydrogens is 416 g/mol. The minimum atomic E-state index is 0.931. The van der Waals surface area contributed by atoms with Crippen molar-refractivity contribution in [3.8, 4) is 0 Å². The summed E-state index contributed by atoms with van der Waals surface area (Å²) in [7, 11) is 0. The van der Waals surface area contributed by atoms with Crippen LogP contribution in [0, 0.1) is 0 Å². The molecule has 0 atom stereocenters. The smallest absolute Gasteiger partial charge is 0.0739 e. The van der Waals surface area contributed by atoms with Crippen molar-refractivity contribution in [3.63, 3.8) is 0 Å². The zero-order valence-corrected chi connectivity index (χ0v) is 19.2. The first-order chi connectivity index (χ1) is 16.7. The fourth-order valence-electron chi connectivity index (χ4n) is 4.66.